The van der Waals surface area contributed by atoms with Crippen LogP contribution in [-0.2, 0) is 0 Å². The number of carbonyl (C=O) groups is 1. The van der Waals surface area contributed by atoms with E-state index in [2.05, 4.69) is 15.6 Å². The normalized spacial score (nSPS) is 10.4. The van der Waals surface area contributed by atoms with E-state index in [1.54, 1.807) is 12.1 Å². The number of ether oxygens (including phenoxy) is 4. The molecule has 1 N–H and O–H groups in total. The van der Waals surface area contributed by atoms with E-state index >= 15 is 0 Å². The third kappa shape index (κ3) is 4.45. The van der Waals surface area contributed by atoms with E-state index in [4.69, 9.17) is 23.6 Å². The first-order valence-corrected chi connectivity index (χ1v) is 9.28. The highest BCUT2D eigenvalue weighted by atomic mass is 16.6. The molecule has 0 fully saturated rings. The van der Waals surface area contributed by atoms with E-state index in [-0.39, 0.29) is 5.82 Å². The second-order valence-electron chi connectivity index (χ2n) is 6.20. The van der Waals surface area contributed by atoms with Crippen molar-refractivity contribution in [3.8, 4) is 34.3 Å². The Labute approximate surface area is 173 Å². The summed E-state index contributed by atoms with van der Waals surface area (Å²) >= 11 is 0. The number of nitrogens with zero attached hydrogens (tertiary/aromatic N) is 2. The van der Waals surface area contributed by atoms with Crippen molar-refractivity contribution in [2.45, 2.75) is 13.3 Å². The Kier molecular flexibility index (Phi) is 6.74. The summed E-state index contributed by atoms with van der Waals surface area (Å²) in [4.78, 5) is 12.8. The quantitative estimate of drug-likeness (QED) is 0.565. The van der Waals surface area contributed by atoms with Gasteiger partial charge >= 0.3 is 0 Å². The molecule has 3 aromatic rings. The first-order chi connectivity index (χ1) is 14.6. The molecular formula is C21H23N3O6. The van der Waals surface area contributed by atoms with E-state index in [9.17, 15) is 4.79 Å². The maximum absolute atomic E-state index is 12.8. The largest absolute Gasteiger partial charge is 0.494 e. The van der Waals surface area contributed by atoms with Crippen molar-refractivity contribution in [2.24, 2.45) is 0 Å². The molecule has 9 heteroatoms. The van der Waals surface area contributed by atoms with Gasteiger partial charge in [-0.15, -0.1) is 0 Å². The third-order valence-corrected chi connectivity index (χ3v) is 4.25. The van der Waals surface area contributed by atoms with E-state index < -0.39 is 5.91 Å². The van der Waals surface area contributed by atoms with Gasteiger partial charge < -0.3 is 24.3 Å². The average molecular weight is 413 g/mol. The van der Waals surface area contributed by atoms with Crippen LogP contribution in [0.2, 0.25) is 0 Å². The van der Waals surface area contributed by atoms with Gasteiger partial charge in [0.15, 0.2) is 17.2 Å². The predicted molar refractivity (Wildman–Crippen MR) is 110 cm³/mol. The molecule has 0 spiro atoms. The molecule has 30 heavy (non-hydrogen) atoms. The molecule has 0 saturated carbocycles. The summed E-state index contributed by atoms with van der Waals surface area (Å²) in [7, 11) is 4.45. The first kappa shape index (κ1) is 21.0. The zero-order valence-electron chi connectivity index (χ0n) is 17.2. The Morgan fingerprint density at radius 3 is 2.23 bits per heavy atom. The number of hydrogen-bond donors (Lipinski definition) is 1. The molecule has 9 nitrogen and oxygen atoms in total. The van der Waals surface area contributed by atoms with Crippen LogP contribution >= 0.6 is 0 Å². The molecule has 0 bridgehead atoms. The lowest BCUT2D eigenvalue weighted by Gasteiger charge is -2.13. The number of hydrogen-bond acceptors (Lipinski definition) is 8. The van der Waals surface area contributed by atoms with Crippen LogP contribution in [0.25, 0.3) is 11.3 Å². The number of amides is 1. The molecule has 1 amide bonds. The molecule has 0 aliphatic rings. The van der Waals surface area contributed by atoms with Crippen molar-refractivity contribution >= 4 is 11.7 Å². The van der Waals surface area contributed by atoms with Gasteiger partial charge in [-0.05, 0) is 53.1 Å². The van der Waals surface area contributed by atoms with Gasteiger partial charge in [0.25, 0.3) is 5.91 Å². The first-order valence-electron chi connectivity index (χ1n) is 9.28. The molecular weight excluding hydrogens is 390 g/mol. The summed E-state index contributed by atoms with van der Waals surface area (Å²) in [5, 5.41) is 10.4. The summed E-state index contributed by atoms with van der Waals surface area (Å²) in [5.41, 5.74) is 1.42. The Hall–Kier alpha value is -3.75. The number of rotatable bonds is 9. The number of methoxy groups -OCH3 is 3. The number of aromatic nitrogens is 2. The van der Waals surface area contributed by atoms with Crippen molar-refractivity contribution < 1.29 is 28.4 Å². The fraction of sp³-hybridized carbons (Fsp3) is 0.286. The fourth-order valence-corrected chi connectivity index (χ4v) is 2.78. The summed E-state index contributed by atoms with van der Waals surface area (Å²) in [6.45, 7) is 2.68. The van der Waals surface area contributed by atoms with Crippen LogP contribution < -0.4 is 24.3 Å². The van der Waals surface area contributed by atoms with Crippen LogP contribution in [0.15, 0.2) is 41.0 Å². The summed E-state index contributed by atoms with van der Waals surface area (Å²) in [6.07, 6.45) is 0.923. The van der Waals surface area contributed by atoms with Gasteiger partial charge in [-0.25, -0.2) is 4.63 Å². The van der Waals surface area contributed by atoms with Gasteiger partial charge in [0, 0.05) is 11.1 Å². The zero-order chi connectivity index (χ0) is 21.5. The molecule has 0 radical (unpaired) electrons. The van der Waals surface area contributed by atoms with Gasteiger partial charge in [0.05, 0.1) is 27.9 Å². The number of nitrogens with one attached hydrogen (secondary N) is 1. The van der Waals surface area contributed by atoms with Crippen molar-refractivity contribution in [2.75, 3.05) is 33.3 Å². The van der Waals surface area contributed by atoms with Crippen LogP contribution in [0, 0.1) is 0 Å². The smallest absolute Gasteiger partial charge is 0.257 e. The van der Waals surface area contributed by atoms with E-state index in [1.807, 2.05) is 31.2 Å². The van der Waals surface area contributed by atoms with Crippen molar-refractivity contribution in [3.05, 3.63) is 42.0 Å². The third-order valence-electron chi connectivity index (χ3n) is 4.25. The molecule has 0 aliphatic carbocycles. The lowest BCUT2D eigenvalue weighted by molar-refractivity contribution is 0.102. The lowest BCUT2D eigenvalue weighted by Crippen LogP contribution is -2.13. The molecule has 0 saturated heterocycles. The standard InChI is InChI=1S/C21H23N3O6/c1-5-10-29-15-8-6-13(7-9-15)18-20(24-30-23-18)22-21(25)14-11-16(26-2)19(28-4)17(12-14)27-3/h6-9,11-12H,5,10H2,1-4H3,(H,22,24,25). The van der Waals surface area contributed by atoms with E-state index in [0.29, 0.717) is 35.1 Å². The second-order valence-corrected chi connectivity index (χ2v) is 6.20. The Balaban J connectivity index is 1.83. The van der Waals surface area contributed by atoms with Crippen LogP contribution in [0.1, 0.15) is 23.7 Å². The molecule has 1 aromatic heterocycles. The van der Waals surface area contributed by atoms with Crippen LogP contribution in [-0.4, -0.2) is 44.2 Å². The molecule has 2 aromatic carbocycles. The van der Waals surface area contributed by atoms with Crippen LogP contribution in [0.4, 0.5) is 5.82 Å². The summed E-state index contributed by atoms with van der Waals surface area (Å²) in [5.74, 6) is 1.63. The number of anilines is 1. The van der Waals surface area contributed by atoms with Gasteiger partial charge in [-0.2, -0.15) is 0 Å². The Bertz CT molecular complexity index is 975. The lowest BCUT2D eigenvalue weighted by atomic mass is 10.1. The highest BCUT2D eigenvalue weighted by molar-refractivity contribution is 6.06. The zero-order valence-corrected chi connectivity index (χ0v) is 17.2. The van der Waals surface area contributed by atoms with Gasteiger partial charge in [-0.1, -0.05) is 6.92 Å². The minimum absolute atomic E-state index is 0.191. The number of carbonyl (C=O) groups excluding carboxylic acids is 1. The van der Waals surface area contributed by atoms with Gasteiger partial charge in [0.1, 0.15) is 5.75 Å². The predicted octanol–water partition coefficient (Wildman–Crippen LogP) is 3.80. The summed E-state index contributed by atoms with van der Waals surface area (Å²) in [6, 6.07) is 10.4. The Morgan fingerprint density at radius 2 is 1.67 bits per heavy atom. The average Bonchev–Trinajstić information content (AvgIpc) is 3.24. The van der Waals surface area contributed by atoms with E-state index in [1.165, 1.54) is 21.3 Å². The molecule has 0 aliphatic heterocycles. The molecule has 0 unspecified atom stereocenters. The SMILES string of the molecule is CCCOc1ccc(-c2nonc2NC(=O)c2cc(OC)c(OC)c(OC)c2)cc1. The highest BCUT2D eigenvalue weighted by Gasteiger charge is 2.20. The molecule has 158 valence electrons. The van der Waals surface area contributed by atoms with Crippen LogP contribution in [0.3, 0.4) is 0 Å². The van der Waals surface area contributed by atoms with Crippen molar-refractivity contribution in [1.29, 1.82) is 0 Å². The Morgan fingerprint density at radius 1 is 1.00 bits per heavy atom. The molecule has 3 rings (SSSR count). The molecule has 0 atom stereocenters. The van der Waals surface area contributed by atoms with E-state index in [0.717, 1.165) is 17.7 Å². The summed E-state index contributed by atoms with van der Waals surface area (Å²) < 4.78 is 26.3. The van der Waals surface area contributed by atoms with Crippen molar-refractivity contribution in [1.82, 2.24) is 10.3 Å². The fourth-order valence-electron chi connectivity index (χ4n) is 2.78. The highest BCUT2D eigenvalue weighted by Crippen LogP contribution is 2.38. The minimum Gasteiger partial charge on any atom is -0.494 e. The monoisotopic (exact) mass is 413 g/mol. The number of benzene rings is 2. The maximum Gasteiger partial charge on any atom is 0.257 e. The topological polar surface area (TPSA) is 105 Å². The van der Waals surface area contributed by atoms with Gasteiger partial charge in [0.2, 0.25) is 11.6 Å². The van der Waals surface area contributed by atoms with Crippen LogP contribution in [0.5, 0.6) is 23.0 Å². The van der Waals surface area contributed by atoms with Crippen molar-refractivity contribution in [3.63, 3.8) is 0 Å². The minimum atomic E-state index is -0.436. The van der Waals surface area contributed by atoms with Gasteiger partial charge in [-0.3, -0.25) is 4.79 Å². The molecule has 1 heterocycles. The second kappa shape index (κ2) is 9.64. The maximum atomic E-state index is 12.8.